The number of ether oxygens (including phenoxy) is 1. The quantitative estimate of drug-likeness (QED) is 0.742. The van der Waals surface area contributed by atoms with E-state index in [1.165, 1.54) is 25.7 Å². The number of nitrogens with zero attached hydrogens (tertiary/aromatic N) is 2. The number of rotatable bonds is 4. The summed E-state index contributed by atoms with van der Waals surface area (Å²) in [6.45, 7) is 5.34. The van der Waals surface area contributed by atoms with Gasteiger partial charge in [-0.25, -0.2) is 4.79 Å². The molecule has 1 atom stereocenters. The molecule has 0 saturated carbocycles. The standard InChI is InChI=1S/C16H28N2O3/c1-2-21-16(20)14-9-5-8-12-18(14)15(19)13-17-10-6-3-4-7-11-17/h14H,2-13H2,1H3. The van der Waals surface area contributed by atoms with Gasteiger partial charge in [-0.1, -0.05) is 12.8 Å². The minimum Gasteiger partial charge on any atom is -0.464 e. The van der Waals surface area contributed by atoms with Crippen LogP contribution in [0.15, 0.2) is 0 Å². The lowest BCUT2D eigenvalue weighted by atomic mass is 10.0. The molecule has 0 spiro atoms. The molecule has 5 nitrogen and oxygen atoms in total. The van der Waals surface area contributed by atoms with Gasteiger partial charge in [0.25, 0.3) is 0 Å². The lowest BCUT2D eigenvalue weighted by Gasteiger charge is -2.35. The van der Waals surface area contributed by atoms with E-state index < -0.39 is 0 Å². The molecule has 21 heavy (non-hydrogen) atoms. The maximum atomic E-state index is 12.6. The highest BCUT2D eigenvalue weighted by molar-refractivity contribution is 5.85. The van der Waals surface area contributed by atoms with E-state index in [9.17, 15) is 9.59 Å². The van der Waals surface area contributed by atoms with Crippen LogP contribution in [0.25, 0.3) is 0 Å². The number of piperidine rings is 1. The predicted octanol–water partition coefficient (Wildman–Crippen LogP) is 1.81. The van der Waals surface area contributed by atoms with Crippen LogP contribution in [0.2, 0.25) is 0 Å². The van der Waals surface area contributed by atoms with Crippen LogP contribution in [-0.4, -0.2) is 60.5 Å². The van der Waals surface area contributed by atoms with Gasteiger partial charge in [-0.3, -0.25) is 9.69 Å². The van der Waals surface area contributed by atoms with Crippen molar-refractivity contribution in [2.75, 3.05) is 32.8 Å². The largest absolute Gasteiger partial charge is 0.464 e. The second-order valence-corrected chi connectivity index (χ2v) is 6.04. The molecule has 0 aliphatic carbocycles. The molecule has 1 unspecified atom stereocenters. The van der Waals surface area contributed by atoms with Gasteiger partial charge in [-0.2, -0.15) is 0 Å². The van der Waals surface area contributed by atoms with E-state index in [1.54, 1.807) is 4.90 Å². The third-order valence-corrected chi connectivity index (χ3v) is 4.44. The second-order valence-electron chi connectivity index (χ2n) is 6.04. The van der Waals surface area contributed by atoms with Crippen molar-refractivity contribution < 1.29 is 14.3 Å². The van der Waals surface area contributed by atoms with Gasteiger partial charge < -0.3 is 9.64 Å². The zero-order valence-electron chi connectivity index (χ0n) is 13.2. The SMILES string of the molecule is CCOC(=O)C1CCCCN1C(=O)CN1CCCCCC1. The Labute approximate surface area is 127 Å². The molecule has 0 N–H and O–H groups in total. The van der Waals surface area contributed by atoms with E-state index in [0.717, 1.165) is 32.4 Å². The third-order valence-electron chi connectivity index (χ3n) is 4.44. The van der Waals surface area contributed by atoms with Crippen LogP contribution in [0, 0.1) is 0 Å². The van der Waals surface area contributed by atoms with E-state index in [0.29, 0.717) is 19.7 Å². The molecule has 0 bridgehead atoms. The maximum absolute atomic E-state index is 12.6. The molecule has 0 radical (unpaired) electrons. The Bertz CT molecular complexity index is 351. The summed E-state index contributed by atoms with van der Waals surface area (Å²) in [5.41, 5.74) is 0. The van der Waals surface area contributed by atoms with E-state index in [1.807, 2.05) is 6.92 Å². The summed E-state index contributed by atoms with van der Waals surface area (Å²) in [5, 5.41) is 0. The summed E-state index contributed by atoms with van der Waals surface area (Å²) < 4.78 is 5.13. The molecule has 2 rings (SSSR count). The number of carbonyl (C=O) groups excluding carboxylic acids is 2. The van der Waals surface area contributed by atoms with Crippen LogP contribution in [0.1, 0.15) is 51.9 Å². The highest BCUT2D eigenvalue weighted by Gasteiger charge is 2.33. The minimum atomic E-state index is -0.363. The normalized spacial score (nSPS) is 24.4. The Hall–Kier alpha value is -1.10. The Morgan fingerprint density at radius 1 is 1.00 bits per heavy atom. The van der Waals surface area contributed by atoms with E-state index in [2.05, 4.69) is 4.90 Å². The molecular formula is C16H28N2O3. The summed E-state index contributed by atoms with van der Waals surface area (Å²) in [5.74, 6) is -0.143. The molecule has 2 aliphatic heterocycles. The molecule has 2 heterocycles. The fourth-order valence-electron chi connectivity index (χ4n) is 3.29. The Morgan fingerprint density at radius 2 is 1.67 bits per heavy atom. The van der Waals surface area contributed by atoms with Crippen molar-refractivity contribution >= 4 is 11.9 Å². The van der Waals surface area contributed by atoms with Crippen LogP contribution in [0.4, 0.5) is 0 Å². The van der Waals surface area contributed by atoms with Crippen molar-refractivity contribution in [1.82, 2.24) is 9.80 Å². The van der Waals surface area contributed by atoms with Gasteiger partial charge in [0.1, 0.15) is 6.04 Å². The number of esters is 1. The molecule has 0 aromatic heterocycles. The van der Waals surface area contributed by atoms with Crippen LogP contribution in [-0.2, 0) is 14.3 Å². The second kappa shape index (κ2) is 8.37. The van der Waals surface area contributed by atoms with Crippen LogP contribution in [0.3, 0.4) is 0 Å². The van der Waals surface area contributed by atoms with Crippen molar-refractivity contribution in [2.45, 2.75) is 57.9 Å². The topological polar surface area (TPSA) is 49.9 Å². The average molecular weight is 296 g/mol. The Kier molecular flexibility index (Phi) is 6.49. The molecule has 0 aromatic carbocycles. The summed E-state index contributed by atoms with van der Waals surface area (Å²) in [6.07, 6.45) is 7.60. The smallest absolute Gasteiger partial charge is 0.328 e. The van der Waals surface area contributed by atoms with E-state index >= 15 is 0 Å². The predicted molar refractivity (Wildman–Crippen MR) is 80.9 cm³/mol. The number of amides is 1. The van der Waals surface area contributed by atoms with E-state index in [-0.39, 0.29) is 17.9 Å². The van der Waals surface area contributed by atoms with Crippen LogP contribution >= 0.6 is 0 Å². The summed E-state index contributed by atoms with van der Waals surface area (Å²) in [4.78, 5) is 28.6. The van der Waals surface area contributed by atoms with Crippen molar-refractivity contribution in [3.63, 3.8) is 0 Å². The summed E-state index contributed by atoms with van der Waals surface area (Å²) >= 11 is 0. The van der Waals surface area contributed by atoms with Gasteiger partial charge in [0, 0.05) is 6.54 Å². The number of carbonyl (C=O) groups is 2. The van der Waals surface area contributed by atoms with Gasteiger partial charge in [0.15, 0.2) is 0 Å². The zero-order valence-corrected chi connectivity index (χ0v) is 13.2. The molecular weight excluding hydrogens is 268 g/mol. The monoisotopic (exact) mass is 296 g/mol. The van der Waals surface area contributed by atoms with Crippen molar-refractivity contribution in [3.05, 3.63) is 0 Å². The van der Waals surface area contributed by atoms with Crippen molar-refractivity contribution in [2.24, 2.45) is 0 Å². The first-order valence-corrected chi connectivity index (χ1v) is 8.41. The van der Waals surface area contributed by atoms with Gasteiger partial charge in [0.05, 0.1) is 13.2 Å². The van der Waals surface area contributed by atoms with Crippen molar-refractivity contribution in [1.29, 1.82) is 0 Å². The van der Waals surface area contributed by atoms with Crippen molar-refractivity contribution in [3.8, 4) is 0 Å². The average Bonchev–Trinajstić information content (AvgIpc) is 2.76. The lowest BCUT2D eigenvalue weighted by molar-refractivity contribution is -0.157. The molecule has 2 saturated heterocycles. The molecule has 2 aliphatic rings. The first-order valence-electron chi connectivity index (χ1n) is 8.41. The molecule has 120 valence electrons. The van der Waals surface area contributed by atoms with Gasteiger partial charge in [0.2, 0.25) is 5.91 Å². The minimum absolute atomic E-state index is 0.0923. The van der Waals surface area contributed by atoms with Gasteiger partial charge >= 0.3 is 5.97 Å². The lowest BCUT2D eigenvalue weighted by Crippen LogP contribution is -2.51. The van der Waals surface area contributed by atoms with Gasteiger partial charge in [-0.15, -0.1) is 0 Å². The van der Waals surface area contributed by atoms with Crippen LogP contribution < -0.4 is 0 Å². The number of hydrogen-bond acceptors (Lipinski definition) is 4. The third kappa shape index (κ3) is 4.70. The maximum Gasteiger partial charge on any atom is 0.328 e. The highest BCUT2D eigenvalue weighted by Crippen LogP contribution is 2.19. The number of hydrogen-bond donors (Lipinski definition) is 0. The fraction of sp³-hybridized carbons (Fsp3) is 0.875. The molecule has 5 heteroatoms. The summed E-state index contributed by atoms with van der Waals surface area (Å²) in [7, 11) is 0. The first-order chi connectivity index (χ1) is 10.2. The Balaban J connectivity index is 1.92. The molecule has 0 aromatic rings. The highest BCUT2D eigenvalue weighted by atomic mass is 16.5. The van der Waals surface area contributed by atoms with Gasteiger partial charge in [-0.05, 0) is 52.1 Å². The Morgan fingerprint density at radius 3 is 2.33 bits per heavy atom. The zero-order chi connectivity index (χ0) is 15.1. The van der Waals surface area contributed by atoms with E-state index in [4.69, 9.17) is 4.74 Å². The molecule has 1 amide bonds. The first kappa shape index (κ1) is 16.3. The fourth-order valence-corrected chi connectivity index (χ4v) is 3.29. The number of likely N-dealkylation sites (tertiary alicyclic amines) is 2. The molecule has 2 fully saturated rings. The van der Waals surface area contributed by atoms with Crippen LogP contribution in [0.5, 0.6) is 0 Å². The summed E-state index contributed by atoms with van der Waals surface area (Å²) in [6, 6.07) is -0.363.